The van der Waals surface area contributed by atoms with Gasteiger partial charge in [0.1, 0.15) is 0 Å². The number of halogens is 3. The molecule has 3 rings (SSSR count). The van der Waals surface area contributed by atoms with Crippen LogP contribution in [0.4, 0.5) is 19.0 Å². The van der Waals surface area contributed by atoms with Crippen molar-refractivity contribution in [1.29, 1.82) is 0 Å². The van der Waals surface area contributed by atoms with Gasteiger partial charge in [-0.05, 0) is 56.6 Å². The first-order valence-electron chi connectivity index (χ1n) is 8.87. The van der Waals surface area contributed by atoms with Gasteiger partial charge in [0.05, 0.1) is 11.3 Å². The van der Waals surface area contributed by atoms with Crippen LogP contribution >= 0.6 is 0 Å². The molecule has 1 atom stereocenters. The summed E-state index contributed by atoms with van der Waals surface area (Å²) < 4.78 is 38.0. The fraction of sp³-hybridized carbons (Fsp3) is 0.474. The van der Waals surface area contributed by atoms with Crippen molar-refractivity contribution in [3.8, 4) is 11.3 Å². The van der Waals surface area contributed by atoms with E-state index in [4.69, 9.17) is 0 Å². The first-order valence-corrected chi connectivity index (χ1v) is 8.87. The molecule has 0 spiro atoms. The summed E-state index contributed by atoms with van der Waals surface area (Å²) in [6, 6.07) is 7.20. The van der Waals surface area contributed by atoms with Gasteiger partial charge in [-0.2, -0.15) is 13.2 Å². The Bertz CT molecular complexity index is 743. The van der Waals surface area contributed by atoms with E-state index in [2.05, 4.69) is 27.3 Å². The number of likely N-dealkylation sites (N-methyl/N-ethyl adjacent to an activating group) is 1. The molecule has 0 saturated carbocycles. The van der Waals surface area contributed by atoms with Gasteiger partial charge >= 0.3 is 6.18 Å². The van der Waals surface area contributed by atoms with Crippen LogP contribution in [0, 0.1) is 6.92 Å². The minimum Gasteiger partial charge on any atom is -0.364 e. The highest BCUT2D eigenvalue weighted by atomic mass is 19.4. The molecule has 1 fully saturated rings. The van der Waals surface area contributed by atoms with E-state index in [9.17, 15) is 13.2 Å². The van der Waals surface area contributed by atoms with Crippen molar-refractivity contribution in [3.05, 3.63) is 41.5 Å². The van der Waals surface area contributed by atoms with Crippen LogP contribution in [0.3, 0.4) is 0 Å². The Labute approximate surface area is 151 Å². The lowest BCUT2D eigenvalue weighted by molar-refractivity contribution is -0.137. The first-order chi connectivity index (χ1) is 12.4. The molecule has 1 N–H and O–H groups in total. The molecule has 7 heteroatoms. The van der Waals surface area contributed by atoms with Crippen molar-refractivity contribution in [2.45, 2.75) is 38.9 Å². The molecule has 0 bridgehead atoms. The van der Waals surface area contributed by atoms with Crippen molar-refractivity contribution >= 4 is 5.82 Å². The van der Waals surface area contributed by atoms with Crippen LogP contribution in [0.15, 0.2) is 30.3 Å². The summed E-state index contributed by atoms with van der Waals surface area (Å²) >= 11 is 0. The zero-order valence-electron chi connectivity index (χ0n) is 15.0. The Morgan fingerprint density at radius 2 is 1.92 bits per heavy atom. The molecule has 2 heterocycles. The number of anilines is 1. The van der Waals surface area contributed by atoms with E-state index in [-0.39, 0.29) is 0 Å². The molecule has 26 heavy (non-hydrogen) atoms. The van der Waals surface area contributed by atoms with Gasteiger partial charge in [-0.1, -0.05) is 19.1 Å². The Balaban J connectivity index is 1.73. The summed E-state index contributed by atoms with van der Waals surface area (Å²) in [6.07, 6.45) is -2.08. The van der Waals surface area contributed by atoms with Crippen molar-refractivity contribution in [2.75, 3.05) is 25.0 Å². The van der Waals surface area contributed by atoms with Gasteiger partial charge < -0.3 is 10.2 Å². The van der Waals surface area contributed by atoms with Gasteiger partial charge in [-0.25, -0.2) is 0 Å². The van der Waals surface area contributed by atoms with E-state index in [0.717, 1.165) is 56.0 Å². The van der Waals surface area contributed by atoms with Crippen LogP contribution in [0.2, 0.25) is 0 Å². The summed E-state index contributed by atoms with van der Waals surface area (Å²) in [5.41, 5.74) is 1.46. The molecule has 0 amide bonds. The van der Waals surface area contributed by atoms with E-state index in [1.54, 1.807) is 0 Å². The zero-order chi connectivity index (χ0) is 18.7. The number of likely N-dealkylation sites (tertiary alicyclic amines) is 1. The minimum absolute atomic E-state index is 0.341. The second-order valence-corrected chi connectivity index (χ2v) is 6.71. The number of piperidine rings is 1. The van der Waals surface area contributed by atoms with E-state index in [1.165, 1.54) is 12.1 Å². The summed E-state index contributed by atoms with van der Waals surface area (Å²) in [5, 5.41) is 11.9. The van der Waals surface area contributed by atoms with Crippen LogP contribution < -0.4 is 5.32 Å². The molecular weight excluding hydrogens is 341 g/mol. The molecular formula is C19H23F3N4. The Morgan fingerprint density at radius 1 is 1.19 bits per heavy atom. The SMILES string of the molecule is CCN1CCC[C@@H](Nc2nnc(-c3ccc(C(F)(F)F)cc3)cc2C)C1. The number of nitrogens with one attached hydrogen (secondary N) is 1. The maximum Gasteiger partial charge on any atom is 0.416 e. The predicted octanol–water partition coefficient (Wildman–Crippen LogP) is 4.37. The summed E-state index contributed by atoms with van der Waals surface area (Å²) in [4.78, 5) is 2.40. The molecule has 140 valence electrons. The van der Waals surface area contributed by atoms with Crippen LogP contribution in [0.25, 0.3) is 11.3 Å². The Morgan fingerprint density at radius 3 is 2.54 bits per heavy atom. The highest BCUT2D eigenvalue weighted by molar-refractivity contribution is 5.62. The largest absolute Gasteiger partial charge is 0.416 e. The number of alkyl halides is 3. The fourth-order valence-corrected chi connectivity index (χ4v) is 3.25. The van der Waals surface area contributed by atoms with Crippen LogP contribution in [-0.4, -0.2) is 40.8 Å². The second-order valence-electron chi connectivity index (χ2n) is 6.71. The summed E-state index contributed by atoms with van der Waals surface area (Å²) in [5.74, 6) is 0.739. The summed E-state index contributed by atoms with van der Waals surface area (Å²) in [6.45, 7) is 7.25. The summed E-state index contributed by atoms with van der Waals surface area (Å²) in [7, 11) is 0. The predicted molar refractivity (Wildman–Crippen MR) is 96.0 cm³/mol. The number of hydrogen-bond donors (Lipinski definition) is 1. The fourth-order valence-electron chi connectivity index (χ4n) is 3.25. The number of benzene rings is 1. The quantitative estimate of drug-likeness (QED) is 0.875. The van der Waals surface area contributed by atoms with Crippen LogP contribution in [0.1, 0.15) is 30.9 Å². The van der Waals surface area contributed by atoms with E-state index in [0.29, 0.717) is 17.3 Å². The lowest BCUT2D eigenvalue weighted by Crippen LogP contribution is -2.42. The molecule has 2 aromatic rings. The average Bonchev–Trinajstić information content (AvgIpc) is 2.63. The smallest absolute Gasteiger partial charge is 0.364 e. The standard InChI is InChI=1S/C19H23F3N4/c1-3-26-10-4-5-16(12-26)23-18-13(2)11-17(24-25-18)14-6-8-15(9-7-14)19(20,21)22/h6-9,11,16H,3-5,10,12H2,1-2H3,(H,23,25)/t16-/m1/s1. The molecule has 0 aliphatic carbocycles. The number of nitrogens with zero attached hydrogens (tertiary/aromatic N) is 3. The number of aromatic nitrogens is 2. The van der Waals surface area contributed by atoms with Crippen LogP contribution in [-0.2, 0) is 6.18 Å². The topological polar surface area (TPSA) is 41.0 Å². The van der Waals surface area contributed by atoms with E-state index in [1.807, 2.05) is 13.0 Å². The van der Waals surface area contributed by atoms with Gasteiger partial charge in [-0.15, -0.1) is 10.2 Å². The molecule has 0 unspecified atom stereocenters. The third-order valence-electron chi connectivity index (χ3n) is 4.79. The van der Waals surface area contributed by atoms with Gasteiger partial charge in [0.15, 0.2) is 5.82 Å². The number of rotatable bonds is 4. The first kappa shape index (κ1) is 18.6. The Kier molecular flexibility index (Phi) is 5.46. The molecule has 0 radical (unpaired) electrons. The minimum atomic E-state index is -4.33. The maximum atomic E-state index is 12.7. The number of aryl methyl sites for hydroxylation is 1. The number of hydrogen-bond acceptors (Lipinski definition) is 4. The molecule has 1 aromatic heterocycles. The Hall–Kier alpha value is -2.15. The normalized spacial score (nSPS) is 18.7. The molecule has 1 aliphatic heterocycles. The highest BCUT2D eigenvalue weighted by Crippen LogP contribution is 2.31. The highest BCUT2D eigenvalue weighted by Gasteiger charge is 2.30. The van der Waals surface area contributed by atoms with Gasteiger partial charge in [-0.3, -0.25) is 0 Å². The molecule has 1 saturated heterocycles. The van der Waals surface area contributed by atoms with Crippen molar-refractivity contribution < 1.29 is 13.2 Å². The van der Waals surface area contributed by atoms with Crippen molar-refractivity contribution in [1.82, 2.24) is 15.1 Å². The lowest BCUT2D eigenvalue weighted by Gasteiger charge is -2.32. The van der Waals surface area contributed by atoms with Gasteiger partial charge in [0.25, 0.3) is 0 Å². The van der Waals surface area contributed by atoms with Crippen LogP contribution in [0.5, 0.6) is 0 Å². The maximum absolute atomic E-state index is 12.7. The third kappa shape index (κ3) is 4.33. The van der Waals surface area contributed by atoms with Crippen molar-refractivity contribution in [3.63, 3.8) is 0 Å². The monoisotopic (exact) mass is 364 g/mol. The molecule has 1 aliphatic rings. The molecule has 1 aromatic carbocycles. The second kappa shape index (κ2) is 7.61. The lowest BCUT2D eigenvalue weighted by atomic mass is 10.0. The average molecular weight is 364 g/mol. The van der Waals surface area contributed by atoms with E-state index < -0.39 is 11.7 Å². The molecule has 4 nitrogen and oxygen atoms in total. The van der Waals surface area contributed by atoms with E-state index >= 15 is 0 Å². The van der Waals surface area contributed by atoms with Crippen molar-refractivity contribution in [2.24, 2.45) is 0 Å². The van der Waals surface area contributed by atoms with Gasteiger partial charge in [0.2, 0.25) is 0 Å². The zero-order valence-corrected chi connectivity index (χ0v) is 15.0. The van der Waals surface area contributed by atoms with Gasteiger partial charge in [0, 0.05) is 18.2 Å². The third-order valence-corrected chi connectivity index (χ3v) is 4.79.